The number of piperidine rings is 1. The maximum atomic E-state index is 9.89. The third-order valence-electron chi connectivity index (χ3n) is 5.85. The van der Waals surface area contributed by atoms with Gasteiger partial charge in [-0.3, -0.25) is 0 Å². The minimum Gasteiger partial charge on any atom is -0.507 e. The van der Waals surface area contributed by atoms with Crippen molar-refractivity contribution in [1.29, 1.82) is 0 Å². The van der Waals surface area contributed by atoms with Crippen molar-refractivity contribution >= 4 is 0 Å². The van der Waals surface area contributed by atoms with Crippen LogP contribution in [0.15, 0.2) is 12.1 Å². The molecule has 0 saturated carbocycles. The van der Waals surface area contributed by atoms with Crippen LogP contribution in [0.2, 0.25) is 0 Å². The molecule has 0 aliphatic carbocycles. The fraction of sp³-hybridized carbons (Fsp3) is 0.714. The van der Waals surface area contributed by atoms with Crippen molar-refractivity contribution in [3.63, 3.8) is 0 Å². The van der Waals surface area contributed by atoms with Gasteiger partial charge in [0, 0.05) is 25.7 Å². The Bertz CT molecular complexity index is 546. The van der Waals surface area contributed by atoms with Crippen molar-refractivity contribution in [3.05, 3.63) is 28.8 Å². The second-order valence-electron chi connectivity index (χ2n) is 8.05. The van der Waals surface area contributed by atoms with Crippen molar-refractivity contribution in [2.75, 3.05) is 32.8 Å². The van der Waals surface area contributed by atoms with E-state index in [1.807, 2.05) is 13.8 Å². The lowest BCUT2D eigenvalue weighted by molar-refractivity contribution is 0.0514. The number of nitrogens with zero attached hydrogens (tertiary/aromatic N) is 1. The highest BCUT2D eigenvalue weighted by molar-refractivity contribution is 5.42. The van der Waals surface area contributed by atoms with E-state index in [4.69, 9.17) is 4.74 Å². The molecule has 2 aliphatic heterocycles. The minimum atomic E-state index is 0.434. The molecule has 0 aromatic heterocycles. The Hall–Kier alpha value is -1.10. The zero-order chi connectivity index (χ0) is 17.8. The molecule has 0 radical (unpaired) electrons. The predicted molar refractivity (Wildman–Crippen MR) is 102 cm³/mol. The van der Waals surface area contributed by atoms with E-state index < -0.39 is 0 Å². The van der Waals surface area contributed by atoms with Crippen molar-refractivity contribution in [2.45, 2.75) is 58.6 Å². The van der Waals surface area contributed by atoms with Crippen LogP contribution in [0.3, 0.4) is 0 Å². The van der Waals surface area contributed by atoms with E-state index in [2.05, 4.69) is 29.3 Å². The number of benzene rings is 1. The van der Waals surface area contributed by atoms with Gasteiger partial charge in [-0.25, -0.2) is 0 Å². The topological polar surface area (TPSA) is 44.7 Å². The quantitative estimate of drug-likeness (QED) is 0.831. The van der Waals surface area contributed by atoms with E-state index in [0.29, 0.717) is 23.8 Å². The first-order valence-electron chi connectivity index (χ1n) is 9.89. The molecule has 0 amide bonds. The summed E-state index contributed by atoms with van der Waals surface area (Å²) in [6, 6.07) is 4.83. The molecule has 4 heteroatoms. The highest BCUT2D eigenvalue weighted by Gasteiger charge is 2.28. The van der Waals surface area contributed by atoms with E-state index in [1.54, 1.807) is 0 Å². The summed E-state index contributed by atoms with van der Waals surface area (Å²) in [6.45, 7) is 11.8. The molecule has 2 heterocycles. The maximum Gasteiger partial charge on any atom is 0.121 e. The lowest BCUT2D eigenvalue weighted by Crippen LogP contribution is -2.50. The van der Waals surface area contributed by atoms with Gasteiger partial charge in [0.05, 0.1) is 6.10 Å². The number of ether oxygens (including phenoxy) is 1. The summed E-state index contributed by atoms with van der Waals surface area (Å²) in [6.07, 6.45) is 5.18. The Kier molecular flexibility index (Phi) is 6.37. The number of likely N-dealkylation sites (tertiary alicyclic amines) is 1. The second kappa shape index (κ2) is 8.52. The summed E-state index contributed by atoms with van der Waals surface area (Å²) in [5.74, 6) is 1.11. The first-order valence-corrected chi connectivity index (χ1v) is 9.89. The van der Waals surface area contributed by atoms with Crippen LogP contribution in [-0.4, -0.2) is 54.9 Å². The predicted octanol–water partition coefficient (Wildman–Crippen LogP) is 3.03. The van der Waals surface area contributed by atoms with Crippen LogP contribution in [0.25, 0.3) is 0 Å². The van der Waals surface area contributed by atoms with Gasteiger partial charge >= 0.3 is 0 Å². The zero-order valence-electron chi connectivity index (χ0n) is 16.1. The third-order valence-corrected chi connectivity index (χ3v) is 5.85. The minimum absolute atomic E-state index is 0.434. The standard InChI is InChI=1S/C21H34N2O2/c1-15-11-18(12-16(2)21(15)24)6-8-22-20-7-9-23(13-17(20)3)14-19-5-4-10-25-19/h11-12,17,19-20,22,24H,4-10,13-14H2,1-3H3/t17-,19+,20+/m0/s1. The molecule has 0 unspecified atom stereocenters. The van der Waals surface area contributed by atoms with Gasteiger partial charge in [0.1, 0.15) is 5.75 Å². The lowest BCUT2D eigenvalue weighted by atomic mass is 9.93. The SMILES string of the molecule is Cc1cc(CCN[C@@H]2CCN(C[C@H]3CCCO3)C[C@@H]2C)cc(C)c1O. The Morgan fingerprint density at radius 1 is 1.24 bits per heavy atom. The molecule has 3 rings (SSSR count). The van der Waals surface area contributed by atoms with Crippen molar-refractivity contribution in [2.24, 2.45) is 5.92 Å². The summed E-state index contributed by atoms with van der Waals surface area (Å²) in [5.41, 5.74) is 3.26. The summed E-state index contributed by atoms with van der Waals surface area (Å²) in [7, 11) is 0. The number of hydrogen-bond donors (Lipinski definition) is 2. The second-order valence-corrected chi connectivity index (χ2v) is 8.05. The number of aromatic hydroxyl groups is 1. The van der Waals surface area contributed by atoms with Crippen LogP contribution >= 0.6 is 0 Å². The molecule has 1 aromatic rings. The van der Waals surface area contributed by atoms with E-state index in [1.165, 1.54) is 37.9 Å². The van der Waals surface area contributed by atoms with Gasteiger partial charge < -0.3 is 20.1 Å². The van der Waals surface area contributed by atoms with Gasteiger partial charge in [-0.1, -0.05) is 19.1 Å². The molecule has 0 spiro atoms. The van der Waals surface area contributed by atoms with E-state index in [0.717, 1.165) is 37.2 Å². The van der Waals surface area contributed by atoms with Gasteiger partial charge in [0.25, 0.3) is 0 Å². The molecule has 1 aromatic carbocycles. The lowest BCUT2D eigenvalue weighted by Gasteiger charge is -2.38. The molecular weight excluding hydrogens is 312 g/mol. The van der Waals surface area contributed by atoms with E-state index in [9.17, 15) is 5.11 Å². The Labute approximate surface area is 152 Å². The number of rotatable bonds is 6. The molecule has 140 valence electrons. The fourth-order valence-electron chi connectivity index (χ4n) is 4.37. The number of aryl methyl sites for hydroxylation is 2. The number of phenols is 1. The highest BCUT2D eigenvalue weighted by atomic mass is 16.5. The first kappa shape index (κ1) is 18.7. The molecular formula is C21H34N2O2. The van der Waals surface area contributed by atoms with Gasteiger partial charge in [-0.05, 0) is 75.2 Å². The van der Waals surface area contributed by atoms with Gasteiger partial charge in [0.15, 0.2) is 0 Å². The van der Waals surface area contributed by atoms with Crippen LogP contribution in [-0.2, 0) is 11.2 Å². The largest absolute Gasteiger partial charge is 0.507 e. The first-order chi connectivity index (χ1) is 12.0. The Morgan fingerprint density at radius 3 is 2.64 bits per heavy atom. The molecule has 2 fully saturated rings. The van der Waals surface area contributed by atoms with Crippen LogP contribution in [0, 0.1) is 19.8 Å². The maximum absolute atomic E-state index is 9.89. The van der Waals surface area contributed by atoms with Gasteiger partial charge in [-0.2, -0.15) is 0 Å². The monoisotopic (exact) mass is 346 g/mol. The fourth-order valence-corrected chi connectivity index (χ4v) is 4.37. The molecule has 4 nitrogen and oxygen atoms in total. The average Bonchev–Trinajstić information content (AvgIpc) is 3.07. The molecule has 0 bridgehead atoms. The van der Waals surface area contributed by atoms with Crippen LogP contribution in [0.1, 0.15) is 42.9 Å². The zero-order valence-corrected chi connectivity index (χ0v) is 16.1. The molecule has 25 heavy (non-hydrogen) atoms. The average molecular weight is 347 g/mol. The van der Waals surface area contributed by atoms with E-state index >= 15 is 0 Å². The van der Waals surface area contributed by atoms with Crippen LogP contribution < -0.4 is 5.32 Å². The molecule has 2 N–H and O–H groups in total. The summed E-state index contributed by atoms with van der Waals surface area (Å²) in [5, 5.41) is 13.7. The normalized spacial score (nSPS) is 27.7. The Morgan fingerprint density at radius 2 is 2.00 bits per heavy atom. The smallest absolute Gasteiger partial charge is 0.121 e. The molecule has 2 aliphatic rings. The van der Waals surface area contributed by atoms with Gasteiger partial charge in [0.2, 0.25) is 0 Å². The summed E-state index contributed by atoms with van der Waals surface area (Å²) in [4.78, 5) is 2.59. The summed E-state index contributed by atoms with van der Waals surface area (Å²) < 4.78 is 5.78. The number of hydrogen-bond acceptors (Lipinski definition) is 4. The van der Waals surface area contributed by atoms with Crippen molar-refractivity contribution < 1.29 is 9.84 Å². The molecule has 3 atom stereocenters. The molecule has 2 saturated heterocycles. The van der Waals surface area contributed by atoms with Gasteiger partial charge in [-0.15, -0.1) is 0 Å². The van der Waals surface area contributed by atoms with Crippen LogP contribution in [0.4, 0.5) is 0 Å². The van der Waals surface area contributed by atoms with Crippen LogP contribution in [0.5, 0.6) is 5.75 Å². The van der Waals surface area contributed by atoms with E-state index in [-0.39, 0.29) is 0 Å². The number of phenolic OH excluding ortho intramolecular Hbond substituents is 1. The number of nitrogens with one attached hydrogen (secondary N) is 1. The van der Waals surface area contributed by atoms with Crippen molar-refractivity contribution in [3.8, 4) is 5.75 Å². The highest BCUT2D eigenvalue weighted by Crippen LogP contribution is 2.23. The summed E-state index contributed by atoms with van der Waals surface area (Å²) >= 11 is 0. The van der Waals surface area contributed by atoms with Crippen molar-refractivity contribution in [1.82, 2.24) is 10.2 Å². The Balaban J connectivity index is 1.42. The third kappa shape index (κ3) is 4.96.